The fourth-order valence-electron chi connectivity index (χ4n) is 2.52. The Hall–Kier alpha value is -3.09. The van der Waals surface area contributed by atoms with Crippen molar-refractivity contribution in [3.8, 4) is 5.75 Å². The van der Waals surface area contributed by atoms with Crippen molar-refractivity contribution in [3.63, 3.8) is 0 Å². The van der Waals surface area contributed by atoms with E-state index >= 15 is 0 Å². The van der Waals surface area contributed by atoms with Crippen molar-refractivity contribution in [1.29, 1.82) is 0 Å². The second-order valence-corrected chi connectivity index (χ2v) is 6.60. The fraction of sp³-hybridized carbons (Fsp3) is 0.304. The third-order valence-electron chi connectivity index (χ3n) is 4.19. The van der Waals surface area contributed by atoms with E-state index in [-0.39, 0.29) is 11.3 Å². The van der Waals surface area contributed by atoms with Gasteiger partial charge < -0.3 is 9.47 Å². The molecule has 0 N–H and O–H groups in total. The van der Waals surface area contributed by atoms with Crippen molar-refractivity contribution in [1.82, 2.24) is 0 Å². The lowest BCUT2D eigenvalue weighted by atomic mass is 10.1. The zero-order valence-electron chi connectivity index (χ0n) is 16.6. The van der Waals surface area contributed by atoms with Gasteiger partial charge in [0.2, 0.25) is 0 Å². The molecule has 2 aromatic rings. The average molecular weight is 420 g/mol. The first kappa shape index (κ1) is 23.2. The third kappa shape index (κ3) is 7.73. The summed E-state index contributed by atoms with van der Waals surface area (Å²) in [6.07, 6.45) is 2.53. The number of halogens is 3. The topological polar surface area (TPSA) is 52.6 Å². The van der Waals surface area contributed by atoms with Crippen molar-refractivity contribution >= 4 is 18.0 Å². The van der Waals surface area contributed by atoms with E-state index in [1.165, 1.54) is 18.2 Å². The number of hydrogen-bond donors (Lipinski definition) is 0. The Morgan fingerprint density at radius 2 is 1.60 bits per heavy atom. The Morgan fingerprint density at radius 3 is 2.20 bits per heavy atom. The standard InChI is InChI=1S/C23H23F3O4/c1-2-3-4-5-16-29-21(27)15-8-17-6-13-20(14-7-17)30-22(28)18-9-11-19(12-10-18)23(24,25)26/h6-15H,2-5,16H2,1H3. The smallest absolute Gasteiger partial charge is 0.416 e. The Labute approximate surface area is 173 Å². The Kier molecular flexibility index (Phi) is 8.65. The molecule has 2 aromatic carbocycles. The number of carbonyl (C=O) groups excluding carboxylic acids is 2. The SMILES string of the molecule is CCCCCCOC(=O)C=Cc1ccc(OC(=O)c2ccc(C(F)(F)F)cc2)cc1. The highest BCUT2D eigenvalue weighted by atomic mass is 19.4. The molecule has 0 heterocycles. The van der Waals surface area contributed by atoms with Gasteiger partial charge in [-0.2, -0.15) is 13.2 Å². The Balaban J connectivity index is 1.85. The quantitative estimate of drug-likeness (QED) is 0.214. The molecule has 0 atom stereocenters. The first-order chi connectivity index (χ1) is 14.3. The maximum atomic E-state index is 12.6. The summed E-state index contributed by atoms with van der Waals surface area (Å²) in [5.74, 6) is -0.960. The number of esters is 2. The van der Waals surface area contributed by atoms with E-state index in [4.69, 9.17) is 9.47 Å². The van der Waals surface area contributed by atoms with Crippen LogP contribution >= 0.6 is 0 Å². The van der Waals surface area contributed by atoms with Crippen LogP contribution in [-0.4, -0.2) is 18.5 Å². The molecule has 0 radical (unpaired) electrons. The van der Waals surface area contributed by atoms with Crippen LogP contribution in [0.15, 0.2) is 54.6 Å². The van der Waals surface area contributed by atoms with Crippen LogP contribution in [0.25, 0.3) is 6.08 Å². The second-order valence-electron chi connectivity index (χ2n) is 6.60. The van der Waals surface area contributed by atoms with Crippen molar-refractivity contribution in [3.05, 3.63) is 71.3 Å². The predicted octanol–water partition coefficient (Wildman–Crippen LogP) is 6.06. The Morgan fingerprint density at radius 1 is 0.933 bits per heavy atom. The zero-order chi connectivity index (χ0) is 22.0. The summed E-state index contributed by atoms with van der Waals surface area (Å²) >= 11 is 0. The molecule has 0 aliphatic carbocycles. The van der Waals surface area contributed by atoms with E-state index in [0.29, 0.717) is 12.2 Å². The molecule has 0 aliphatic rings. The van der Waals surface area contributed by atoms with Crippen LogP contribution in [0.2, 0.25) is 0 Å². The molecule has 30 heavy (non-hydrogen) atoms. The molecule has 7 heteroatoms. The van der Waals surface area contributed by atoms with E-state index in [1.54, 1.807) is 18.2 Å². The summed E-state index contributed by atoms with van der Waals surface area (Å²) in [7, 11) is 0. The highest BCUT2D eigenvalue weighted by Crippen LogP contribution is 2.29. The largest absolute Gasteiger partial charge is 0.463 e. The molecule has 0 unspecified atom stereocenters. The second kappa shape index (κ2) is 11.2. The van der Waals surface area contributed by atoms with Crippen molar-refractivity contribution in [2.75, 3.05) is 6.61 Å². The average Bonchev–Trinajstić information content (AvgIpc) is 2.72. The highest BCUT2D eigenvalue weighted by Gasteiger charge is 2.30. The number of rotatable bonds is 9. The molecule has 0 amide bonds. The van der Waals surface area contributed by atoms with Crippen LogP contribution in [0.5, 0.6) is 5.75 Å². The summed E-state index contributed by atoms with van der Waals surface area (Å²) in [5, 5.41) is 0. The van der Waals surface area contributed by atoms with Gasteiger partial charge in [0, 0.05) is 6.08 Å². The van der Waals surface area contributed by atoms with E-state index in [9.17, 15) is 22.8 Å². The molecule has 4 nitrogen and oxygen atoms in total. The summed E-state index contributed by atoms with van der Waals surface area (Å²) in [4.78, 5) is 23.7. The number of hydrogen-bond acceptors (Lipinski definition) is 4. The van der Waals surface area contributed by atoms with Crippen LogP contribution in [0, 0.1) is 0 Å². The lowest BCUT2D eigenvalue weighted by molar-refractivity contribution is -0.138. The summed E-state index contributed by atoms with van der Waals surface area (Å²) in [6.45, 7) is 2.50. The van der Waals surface area contributed by atoms with E-state index in [1.807, 2.05) is 0 Å². The fourth-order valence-corrected chi connectivity index (χ4v) is 2.52. The molecule has 2 rings (SSSR count). The number of benzene rings is 2. The monoisotopic (exact) mass is 420 g/mol. The van der Waals surface area contributed by atoms with Crippen LogP contribution in [-0.2, 0) is 15.7 Å². The maximum absolute atomic E-state index is 12.6. The first-order valence-corrected chi connectivity index (χ1v) is 9.64. The van der Waals surface area contributed by atoms with Crippen LogP contribution in [0.3, 0.4) is 0 Å². The molecular formula is C23H23F3O4. The highest BCUT2D eigenvalue weighted by molar-refractivity contribution is 5.91. The van der Waals surface area contributed by atoms with Gasteiger partial charge in [-0.25, -0.2) is 9.59 Å². The summed E-state index contributed by atoms with van der Waals surface area (Å²) in [6, 6.07) is 10.1. The van der Waals surface area contributed by atoms with Gasteiger partial charge >= 0.3 is 18.1 Å². The van der Waals surface area contributed by atoms with Gasteiger partial charge in [0.1, 0.15) is 5.75 Å². The summed E-state index contributed by atoms with van der Waals surface area (Å²) < 4.78 is 48.0. The number of alkyl halides is 3. The van der Waals surface area contributed by atoms with Gasteiger partial charge in [0.15, 0.2) is 0 Å². The zero-order valence-corrected chi connectivity index (χ0v) is 16.6. The van der Waals surface area contributed by atoms with E-state index < -0.39 is 23.7 Å². The molecule has 0 aliphatic heterocycles. The first-order valence-electron chi connectivity index (χ1n) is 9.64. The van der Waals surface area contributed by atoms with Gasteiger partial charge in [-0.15, -0.1) is 0 Å². The predicted molar refractivity (Wildman–Crippen MR) is 107 cm³/mol. The number of carbonyl (C=O) groups is 2. The van der Waals surface area contributed by atoms with Crippen LogP contribution in [0.1, 0.15) is 54.1 Å². The third-order valence-corrected chi connectivity index (χ3v) is 4.19. The van der Waals surface area contributed by atoms with Crippen LogP contribution in [0.4, 0.5) is 13.2 Å². The van der Waals surface area contributed by atoms with Gasteiger partial charge in [-0.3, -0.25) is 0 Å². The molecule has 0 saturated heterocycles. The van der Waals surface area contributed by atoms with Crippen LogP contribution < -0.4 is 4.74 Å². The molecule has 160 valence electrons. The number of ether oxygens (including phenoxy) is 2. The van der Waals surface area contributed by atoms with E-state index in [0.717, 1.165) is 49.9 Å². The minimum atomic E-state index is -4.47. The molecule has 0 aromatic heterocycles. The van der Waals surface area contributed by atoms with Crippen molar-refractivity contribution < 1.29 is 32.2 Å². The number of unbranched alkanes of at least 4 members (excludes halogenated alkanes) is 3. The minimum Gasteiger partial charge on any atom is -0.463 e. The van der Waals surface area contributed by atoms with E-state index in [2.05, 4.69) is 6.92 Å². The maximum Gasteiger partial charge on any atom is 0.416 e. The summed E-state index contributed by atoms with van der Waals surface area (Å²) in [5.41, 5.74) is -0.129. The molecule has 0 bridgehead atoms. The lowest BCUT2D eigenvalue weighted by Gasteiger charge is -2.08. The Bertz CT molecular complexity index is 854. The normalized spacial score (nSPS) is 11.5. The molecule has 0 spiro atoms. The molecule has 0 saturated carbocycles. The van der Waals surface area contributed by atoms with Gasteiger partial charge in [-0.1, -0.05) is 38.3 Å². The van der Waals surface area contributed by atoms with Gasteiger partial charge in [-0.05, 0) is 54.5 Å². The molecule has 0 fully saturated rings. The van der Waals surface area contributed by atoms with Crippen molar-refractivity contribution in [2.24, 2.45) is 0 Å². The lowest BCUT2D eigenvalue weighted by Crippen LogP contribution is -2.10. The minimum absolute atomic E-state index is 0.00801. The van der Waals surface area contributed by atoms with Gasteiger partial charge in [0.25, 0.3) is 0 Å². The van der Waals surface area contributed by atoms with Crippen molar-refractivity contribution in [2.45, 2.75) is 38.8 Å². The van der Waals surface area contributed by atoms with Gasteiger partial charge in [0.05, 0.1) is 17.7 Å². The molecular weight excluding hydrogens is 397 g/mol.